The molecule has 2 amide bonds. The molecule has 0 saturated carbocycles. The molecule has 0 spiro atoms. The molecular weight excluding hydrogens is 378 g/mol. The van der Waals surface area contributed by atoms with Crippen molar-refractivity contribution in [3.05, 3.63) is 89.3 Å². The number of hydrogen-bond donors (Lipinski definition) is 2. The molecule has 142 valence electrons. The Morgan fingerprint density at radius 1 is 0.786 bits per heavy atom. The van der Waals surface area contributed by atoms with Crippen LogP contribution in [0.3, 0.4) is 0 Å². The molecule has 0 aliphatic rings. The van der Waals surface area contributed by atoms with Crippen molar-refractivity contribution < 1.29 is 27.2 Å². The lowest BCUT2D eigenvalue weighted by Gasteiger charge is -2.09. The first-order chi connectivity index (χ1) is 13.3. The number of anilines is 2. The van der Waals surface area contributed by atoms with E-state index in [1.807, 2.05) is 0 Å². The van der Waals surface area contributed by atoms with E-state index in [9.17, 15) is 27.2 Å². The molecule has 0 aliphatic carbocycles. The van der Waals surface area contributed by atoms with Crippen LogP contribution in [0.5, 0.6) is 0 Å². The topological polar surface area (TPSA) is 71.1 Å². The molecule has 0 radical (unpaired) electrons. The number of benzene rings is 2. The lowest BCUT2D eigenvalue weighted by Crippen LogP contribution is -2.17. The van der Waals surface area contributed by atoms with Gasteiger partial charge in [0.2, 0.25) is 0 Å². The minimum Gasteiger partial charge on any atom is -0.322 e. The Bertz CT molecular complexity index is 1070. The molecule has 0 unspecified atom stereocenters. The van der Waals surface area contributed by atoms with Gasteiger partial charge in [-0.25, -0.2) is 17.6 Å². The van der Waals surface area contributed by atoms with Gasteiger partial charge in [-0.15, -0.1) is 0 Å². The van der Waals surface area contributed by atoms with Gasteiger partial charge in [-0.05, 0) is 36.4 Å². The Morgan fingerprint density at radius 2 is 1.46 bits per heavy atom. The van der Waals surface area contributed by atoms with Crippen molar-refractivity contribution in [2.24, 2.45) is 0 Å². The standard InChI is InChI=1S/C19H11F4N3O2/c20-12-2-1-3-13(7-12)25-18(27)10-6-11(9-24-8-10)19(28)26-15-5-4-14(21)16(22)17(15)23/h1-9H,(H,25,27)(H,26,28). The summed E-state index contributed by atoms with van der Waals surface area (Å²) in [5, 5.41) is 4.51. The third kappa shape index (κ3) is 4.14. The quantitative estimate of drug-likeness (QED) is 0.520. The minimum atomic E-state index is -1.72. The van der Waals surface area contributed by atoms with Gasteiger partial charge in [-0.2, -0.15) is 0 Å². The summed E-state index contributed by atoms with van der Waals surface area (Å²) in [4.78, 5) is 28.2. The van der Waals surface area contributed by atoms with E-state index >= 15 is 0 Å². The van der Waals surface area contributed by atoms with E-state index in [0.29, 0.717) is 6.07 Å². The summed E-state index contributed by atoms with van der Waals surface area (Å²) in [6, 6.07) is 7.87. The Kier molecular flexibility index (Phi) is 5.35. The van der Waals surface area contributed by atoms with Crippen molar-refractivity contribution in [2.45, 2.75) is 0 Å². The SMILES string of the molecule is O=C(Nc1cccc(F)c1)c1cncc(C(=O)Nc2ccc(F)c(F)c2F)c1. The van der Waals surface area contributed by atoms with Gasteiger partial charge >= 0.3 is 0 Å². The first-order valence-electron chi connectivity index (χ1n) is 7.82. The Labute approximate surface area is 156 Å². The summed E-state index contributed by atoms with van der Waals surface area (Å²) in [7, 11) is 0. The van der Waals surface area contributed by atoms with Gasteiger partial charge in [-0.3, -0.25) is 14.6 Å². The highest BCUT2D eigenvalue weighted by Crippen LogP contribution is 2.20. The van der Waals surface area contributed by atoms with Gasteiger partial charge in [-0.1, -0.05) is 6.07 Å². The third-order valence-corrected chi connectivity index (χ3v) is 3.63. The number of pyridine rings is 1. The molecule has 0 saturated heterocycles. The fraction of sp³-hybridized carbons (Fsp3) is 0. The van der Waals surface area contributed by atoms with Crippen LogP contribution in [0.2, 0.25) is 0 Å². The molecule has 0 atom stereocenters. The van der Waals surface area contributed by atoms with Gasteiger partial charge in [0.05, 0.1) is 16.8 Å². The number of hydrogen-bond acceptors (Lipinski definition) is 3. The second kappa shape index (κ2) is 7.87. The maximum absolute atomic E-state index is 13.7. The zero-order chi connectivity index (χ0) is 20.3. The van der Waals surface area contributed by atoms with Crippen LogP contribution in [-0.2, 0) is 0 Å². The number of carbonyl (C=O) groups excluding carboxylic acids is 2. The van der Waals surface area contributed by atoms with Crippen LogP contribution < -0.4 is 10.6 Å². The molecule has 1 heterocycles. The summed E-state index contributed by atoms with van der Waals surface area (Å²) in [6.07, 6.45) is 2.27. The van der Waals surface area contributed by atoms with Crippen molar-refractivity contribution >= 4 is 23.2 Å². The summed E-state index contributed by atoms with van der Waals surface area (Å²) in [5.41, 5.74) is -0.527. The first-order valence-corrected chi connectivity index (χ1v) is 7.82. The maximum atomic E-state index is 13.7. The molecule has 9 heteroatoms. The molecule has 1 aromatic heterocycles. The van der Waals surface area contributed by atoms with E-state index in [0.717, 1.165) is 24.4 Å². The van der Waals surface area contributed by atoms with Gasteiger partial charge in [0.25, 0.3) is 11.8 Å². The number of carbonyl (C=O) groups is 2. The van der Waals surface area contributed by atoms with Crippen molar-refractivity contribution in [3.63, 3.8) is 0 Å². The van der Waals surface area contributed by atoms with Gasteiger partial charge in [0.1, 0.15) is 5.82 Å². The number of halogens is 4. The number of nitrogens with one attached hydrogen (secondary N) is 2. The molecule has 0 aliphatic heterocycles. The van der Waals surface area contributed by atoms with Gasteiger partial charge in [0.15, 0.2) is 17.5 Å². The van der Waals surface area contributed by atoms with E-state index in [-0.39, 0.29) is 16.8 Å². The highest BCUT2D eigenvalue weighted by Gasteiger charge is 2.17. The molecular formula is C19H11F4N3O2. The molecule has 2 aromatic carbocycles. The van der Waals surface area contributed by atoms with Gasteiger partial charge < -0.3 is 10.6 Å². The second-order valence-electron chi connectivity index (χ2n) is 5.60. The van der Waals surface area contributed by atoms with Crippen molar-refractivity contribution in [1.82, 2.24) is 4.98 Å². The molecule has 3 rings (SSSR count). The van der Waals surface area contributed by atoms with E-state index in [1.54, 1.807) is 0 Å². The van der Waals surface area contributed by atoms with Crippen LogP contribution >= 0.6 is 0 Å². The maximum Gasteiger partial charge on any atom is 0.257 e. The van der Waals surface area contributed by atoms with Gasteiger partial charge in [0, 0.05) is 18.1 Å². The van der Waals surface area contributed by atoms with Crippen LogP contribution in [0.25, 0.3) is 0 Å². The predicted octanol–water partition coefficient (Wildman–Crippen LogP) is 4.14. The van der Waals surface area contributed by atoms with Crippen molar-refractivity contribution in [2.75, 3.05) is 10.6 Å². The fourth-order valence-corrected chi connectivity index (χ4v) is 2.27. The number of nitrogens with zero attached hydrogens (tertiary/aromatic N) is 1. The van der Waals surface area contributed by atoms with Crippen LogP contribution in [0.4, 0.5) is 28.9 Å². The third-order valence-electron chi connectivity index (χ3n) is 3.63. The molecule has 0 bridgehead atoms. The summed E-state index contributed by atoms with van der Waals surface area (Å²) < 4.78 is 53.1. The number of aromatic nitrogens is 1. The Balaban J connectivity index is 1.78. The zero-order valence-electron chi connectivity index (χ0n) is 14.0. The molecule has 5 nitrogen and oxygen atoms in total. The molecule has 0 fully saturated rings. The average Bonchev–Trinajstić information content (AvgIpc) is 2.68. The minimum absolute atomic E-state index is 0.0253. The fourth-order valence-electron chi connectivity index (χ4n) is 2.27. The predicted molar refractivity (Wildman–Crippen MR) is 92.9 cm³/mol. The van der Waals surface area contributed by atoms with Crippen LogP contribution in [0, 0.1) is 23.3 Å². The second-order valence-corrected chi connectivity index (χ2v) is 5.60. The first kappa shape index (κ1) is 19.0. The normalized spacial score (nSPS) is 10.4. The van der Waals surface area contributed by atoms with Crippen molar-refractivity contribution in [3.8, 4) is 0 Å². The number of amides is 2. The Morgan fingerprint density at radius 3 is 2.14 bits per heavy atom. The average molecular weight is 389 g/mol. The smallest absolute Gasteiger partial charge is 0.257 e. The molecule has 2 N–H and O–H groups in total. The summed E-state index contributed by atoms with van der Waals surface area (Å²) >= 11 is 0. The summed E-state index contributed by atoms with van der Waals surface area (Å²) in [6.45, 7) is 0. The summed E-state index contributed by atoms with van der Waals surface area (Å²) in [5.74, 6) is -6.77. The lowest BCUT2D eigenvalue weighted by molar-refractivity contribution is 0.102. The van der Waals surface area contributed by atoms with Crippen molar-refractivity contribution in [1.29, 1.82) is 0 Å². The van der Waals surface area contributed by atoms with Crippen LogP contribution in [0.15, 0.2) is 54.9 Å². The van der Waals surface area contributed by atoms with E-state index in [1.165, 1.54) is 24.4 Å². The largest absolute Gasteiger partial charge is 0.322 e. The van der Waals surface area contributed by atoms with Crippen LogP contribution in [0.1, 0.15) is 20.7 Å². The monoisotopic (exact) mass is 389 g/mol. The highest BCUT2D eigenvalue weighted by molar-refractivity contribution is 6.08. The molecule has 28 heavy (non-hydrogen) atoms. The van der Waals surface area contributed by atoms with E-state index < -0.39 is 40.8 Å². The van der Waals surface area contributed by atoms with Crippen LogP contribution in [-0.4, -0.2) is 16.8 Å². The highest BCUT2D eigenvalue weighted by atomic mass is 19.2. The number of rotatable bonds is 4. The lowest BCUT2D eigenvalue weighted by atomic mass is 10.1. The Hall–Kier alpha value is -3.75. The molecule has 3 aromatic rings. The van der Waals surface area contributed by atoms with E-state index in [2.05, 4.69) is 15.6 Å². The van der Waals surface area contributed by atoms with E-state index in [4.69, 9.17) is 0 Å². The zero-order valence-corrected chi connectivity index (χ0v) is 14.0.